The number of rotatable bonds is 11. The molecule has 1 N–H and O–H groups in total. The van der Waals surface area contributed by atoms with Crippen molar-refractivity contribution in [1.29, 1.82) is 0 Å². The van der Waals surface area contributed by atoms with E-state index in [0.717, 1.165) is 13.0 Å². The molecule has 0 radical (unpaired) electrons. The Bertz CT molecular complexity index is 649. The van der Waals surface area contributed by atoms with Gasteiger partial charge in [-0.2, -0.15) is 0 Å². The van der Waals surface area contributed by atoms with E-state index in [1.54, 1.807) is 13.0 Å². The molecule has 0 bridgehead atoms. The molecule has 0 aliphatic carbocycles. The quantitative estimate of drug-likeness (QED) is 0.595. The van der Waals surface area contributed by atoms with Crippen LogP contribution in [0.2, 0.25) is 0 Å². The largest absolute Gasteiger partial charge is 0.503 e. The van der Waals surface area contributed by atoms with Gasteiger partial charge in [0.05, 0.1) is 19.8 Å². The Balaban J connectivity index is 1.89. The molecule has 0 fully saturated rings. The molecule has 0 amide bonds. The van der Waals surface area contributed by atoms with Crippen LogP contribution in [0.5, 0.6) is 11.5 Å². The number of ketones is 1. The zero-order valence-electron chi connectivity index (χ0n) is 15.5. The van der Waals surface area contributed by atoms with E-state index < -0.39 is 5.54 Å². The third kappa shape index (κ3) is 5.15. The lowest BCUT2D eigenvalue weighted by Crippen LogP contribution is -2.32. The second-order valence-electron chi connectivity index (χ2n) is 6.12. The van der Waals surface area contributed by atoms with E-state index in [-0.39, 0.29) is 42.1 Å². The predicted molar refractivity (Wildman–Crippen MR) is 94.9 cm³/mol. The van der Waals surface area contributed by atoms with Crippen molar-refractivity contribution in [2.45, 2.75) is 32.7 Å². The van der Waals surface area contributed by atoms with Crippen LogP contribution in [0.4, 0.5) is 0 Å². The number of aromatic nitrogens is 1. The smallest absolute Gasteiger partial charge is 0.240 e. The Morgan fingerprint density at radius 1 is 1.27 bits per heavy atom. The van der Waals surface area contributed by atoms with Crippen molar-refractivity contribution < 1.29 is 28.8 Å². The average Bonchev–Trinajstić information content (AvgIpc) is 3.02. The maximum atomic E-state index is 11.7. The minimum absolute atomic E-state index is 0.112. The molecular formula is C18H26N2O6. The predicted octanol–water partition coefficient (Wildman–Crippen LogP) is 1.73. The molecule has 0 unspecified atom stereocenters. The first kappa shape index (κ1) is 20.1. The van der Waals surface area contributed by atoms with Gasteiger partial charge in [0, 0.05) is 18.9 Å². The van der Waals surface area contributed by atoms with Gasteiger partial charge in [0.15, 0.2) is 28.5 Å². The van der Waals surface area contributed by atoms with Gasteiger partial charge in [0.25, 0.3) is 0 Å². The van der Waals surface area contributed by atoms with Gasteiger partial charge in [-0.3, -0.25) is 4.79 Å². The fourth-order valence-electron chi connectivity index (χ4n) is 2.19. The standard InChI is InChI=1S/C18H26N2O6/c1-4-7-23-8-9-24-10-11-25-14-5-6-19-15(16(14)22)17-20-18(3,12-26-17)13(2)21/h5-6,22H,4,7-12H2,1-3H3/t18-/m1/s1. The van der Waals surface area contributed by atoms with Crippen molar-refractivity contribution in [2.75, 3.05) is 39.6 Å². The molecule has 0 aromatic carbocycles. The number of pyridine rings is 1. The van der Waals surface area contributed by atoms with Gasteiger partial charge < -0.3 is 24.1 Å². The van der Waals surface area contributed by atoms with Gasteiger partial charge in [-0.15, -0.1) is 0 Å². The Hall–Kier alpha value is -2.19. The number of Topliss-reactive ketones (excluding diaryl/α,β-unsaturated/α-hetero) is 1. The molecule has 1 aliphatic heterocycles. The van der Waals surface area contributed by atoms with Crippen LogP contribution in [0.1, 0.15) is 32.9 Å². The Labute approximate surface area is 153 Å². The summed E-state index contributed by atoms with van der Waals surface area (Å²) >= 11 is 0. The van der Waals surface area contributed by atoms with Crippen molar-refractivity contribution in [3.05, 3.63) is 18.0 Å². The molecule has 0 saturated heterocycles. The summed E-state index contributed by atoms with van der Waals surface area (Å²) in [7, 11) is 0. The van der Waals surface area contributed by atoms with E-state index in [2.05, 4.69) is 9.98 Å². The fourth-order valence-corrected chi connectivity index (χ4v) is 2.19. The SMILES string of the molecule is CCCOCCOCCOc1ccnc(C2=N[C@@](C)(C(C)=O)CO2)c1O. The maximum Gasteiger partial charge on any atom is 0.240 e. The first-order valence-electron chi connectivity index (χ1n) is 8.68. The summed E-state index contributed by atoms with van der Waals surface area (Å²) in [6.45, 7) is 7.70. The van der Waals surface area contributed by atoms with Crippen LogP contribution in [-0.4, -0.2) is 67.0 Å². The van der Waals surface area contributed by atoms with Crippen LogP contribution >= 0.6 is 0 Å². The van der Waals surface area contributed by atoms with Crippen molar-refractivity contribution in [3.63, 3.8) is 0 Å². The molecule has 1 aliphatic rings. The molecule has 1 aromatic heterocycles. The number of carbonyl (C=O) groups is 1. The summed E-state index contributed by atoms with van der Waals surface area (Å²) in [6.07, 6.45) is 2.46. The van der Waals surface area contributed by atoms with Crippen LogP contribution in [0, 0.1) is 0 Å². The Morgan fingerprint density at radius 3 is 2.62 bits per heavy atom. The molecule has 1 aromatic rings. The number of hydrogen-bond acceptors (Lipinski definition) is 8. The number of ether oxygens (including phenoxy) is 4. The summed E-state index contributed by atoms with van der Waals surface area (Å²) in [5.74, 6) is 0.100. The lowest BCUT2D eigenvalue weighted by atomic mass is 10.0. The van der Waals surface area contributed by atoms with Gasteiger partial charge in [0.1, 0.15) is 13.2 Å². The van der Waals surface area contributed by atoms with E-state index in [1.807, 2.05) is 6.92 Å². The number of nitrogens with zero attached hydrogens (tertiary/aromatic N) is 2. The summed E-state index contributed by atoms with van der Waals surface area (Å²) in [5, 5.41) is 10.4. The summed E-state index contributed by atoms with van der Waals surface area (Å²) in [4.78, 5) is 20.0. The first-order chi connectivity index (χ1) is 12.5. The fraction of sp³-hybridized carbons (Fsp3) is 0.611. The number of aromatic hydroxyl groups is 1. The number of hydrogen-bond donors (Lipinski definition) is 1. The molecule has 144 valence electrons. The highest BCUT2D eigenvalue weighted by Gasteiger charge is 2.38. The number of carbonyl (C=O) groups excluding carboxylic acids is 1. The normalized spacial score (nSPS) is 19.1. The highest BCUT2D eigenvalue weighted by molar-refractivity contribution is 6.00. The van der Waals surface area contributed by atoms with Gasteiger partial charge in [-0.1, -0.05) is 6.92 Å². The molecule has 2 rings (SSSR count). The lowest BCUT2D eigenvalue weighted by molar-refractivity contribution is -0.121. The summed E-state index contributed by atoms with van der Waals surface area (Å²) < 4.78 is 21.7. The van der Waals surface area contributed by atoms with Crippen LogP contribution in [0.15, 0.2) is 17.3 Å². The second-order valence-corrected chi connectivity index (χ2v) is 6.12. The molecule has 0 spiro atoms. The molecule has 2 heterocycles. The van der Waals surface area contributed by atoms with E-state index in [1.165, 1.54) is 13.1 Å². The highest BCUT2D eigenvalue weighted by Crippen LogP contribution is 2.31. The van der Waals surface area contributed by atoms with Crippen molar-refractivity contribution in [1.82, 2.24) is 4.98 Å². The molecular weight excluding hydrogens is 340 g/mol. The van der Waals surface area contributed by atoms with Crippen LogP contribution in [0.3, 0.4) is 0 Å². The van der Waals surface area contributed by atoms with E-state index >= 15 is 0 Å². The van der Waals surface area contributed by atoms with Gasteiger partial charge in [0.2, 0.25) is 5.90 Å². The zero-order valence-corrected chi connectivity index (χ0v) is 15.5. The topological polar surface area (TPSA) is 99.5 Å². The summed E-state index contributed by atoms with van der Waals surface area (Å²) in [6, 6.07) is 1.54. The average molecular weight is 366 g/mol. The third-order valence-corrected chi connectivity index (χ3v) is 3.89. The van der Waals surface area contributed by atoms with Crippen LogP contribution in [-0.2, 0) is 19.0 Å². The lowest BCUT2D eigenvalue weighted by Gasteiger charge is -2.12. The minimum atomic E-state index is -0.950. The monoisotopic (exact) mass is 366 g/mol. The minimum Gasteiger partial charge on any atom is -0.503 e. The van der Waals surface area contributed by atoms with Gasteiger partial charge in [-0.25, -0.2) is 9.98 Å². The van der Waals surface area contributed by atoms with Crippen molar-refractivity contribution in [3.8, 4) is 11.5 Å². The van der Waals surface area contributed by atoms with E-state index in [4.69, 9.17) is 18.9 Å². The van der Waals surface area contributed by atoms with Crippen LogP contribution < -0.4 is 4.74 Å². The second kappa shape index (κ2) is 9.49. The molecule has 8 heteroatoms. The third-order valence-electron chi connectivity index (χ3n) is 3.89. The molecule has 26 heavy (non-hydrogen) atoms. The van der Waals surface area contributed by atoms with E-state index in [9.17, 15) is 9.90 Å². The van der Waals surface area contributed by atoms with Crippen molar-refractivity contribution in [2.24, 2.45) is 4.99 Å². The number of aliphatic imine (C=N–C) groups is 1. The molecule has 0 saturated carbocycles. The van der Waals surface area contributed by atoms with E-state index in [0.29, 0.717) is 19.8 Å². The molecule has 1 atom stereocenters. The zero-order chi connectivity index (χ0) is 19.0. The van der Waals surface area contributed by atoms with Gasteiger partial charge in [-0.05, 0) is 20.3 Å². The first-order valence-corrected chi connectivity index (χ1v) is 8.68. The Morgan fingerprint density at radius 2 is 1.96 bits per heavy atom. The van der Waals surface area contributed by atoms with Crippen LogP contribution in [0.25, 0.3) is 0 Å². The maximum absolute atomic E-state index is 11.7. The Kier molecular flexibility index (Phi) is 7.35. The van der Waals surface area contributed by atoms with Crippen molar-refractivity contribution >= 4 is 11.7 Å². The van der Waals surface area contributed by atoms with Gasteiger partial charge >= 0.3 is 0 Å². The highest BCUT2D eigenvalue weighted by atomic mass is 16.5. The molecule has 8 nitrogen and oxygen atoms in total. The summed E-state index contributed by atoms with van der Waals surface area (Å²) in [5.41, 5.74) is -0.796.